The second-order valence-electron chi connectivity index (χ2n) is 5.37. The molecule has 16 heavy (non-hydrogen) atoms. The fraction of sp³-hybridized carbons (Fsp3) is 1.00. The van der Waals surface area contributed by atoms with Crippen LogP contribution in [0.5, 0.6) is 0 Å². The number of hydrogen-bond acceptors (Lipinski definition) is 2. The minimum Gasteiger partial charge on any atom is -0.312 e. The van der Waals surface area contributed by atoms with Crippen LogP contribution in [-0.2, 0) is 0 Å². The summed E-state index contributed by atoms with van der Waals surface area (Å²) in [7, 11) is 2.28. The third-order valence-electron chi connectivity index (χ3n) is 3.50. The Bertz CT molecular complexity index is 166. The predicted molar refractivity (Wildman–Crippen MR) is 71.8 cm³/mol. The molecule has 0 aliphatic heterocycles. The van der Waals surface area contributed by atoms with E-state index >= 15 is 0 Å². The van der Waals surface area contributed by atoms with Gasteiger partial charge in [-0.1, -0.05) is 26.7 Å². The molecule has 0 saturated heterocycles. The Morgan fingerprint density at radius 1 is 1.19 bits per heavy atom. The highest BCUT2D eigenvalue weighted by atomic mass is 15.1. The second-order valence-corrected chi connectivity index (χ2v) is 5.37. The molecule has 0 heterocycles. The number of rotatable bonds is 10. The summed E-state index contributed by atoms with van der Waals surface area (Å²) >= 11 is 0. The highest BCUT2D eigenvalue weighted by Gasteiger charge is 2.31. The maximum Gasteiger partial charge on any atom is 0.0223 e. The van der Waals surface area contributed by atoms with Crippen LogP contribution in [0.25, 0.3) is 0 Å². The minimum absolute atomic E-state index is 0.756. The molecule has 0 aromatic carbocycles. The van der Waals surface area contributed by atoms with Crippen LogP contribution < -0.4 is 5.32 Å². The highest BCUT2D eigenvalue weighted by molar-refractivity contribution is 4.87. The molecule has 1 N–H and O–H groups in total. The number of likely N-dealkylation sites (N-methyl/N-ethyl adjacent to an activating group) is 1. The average molecular weight is 226 g/mol. The van der Waals surface area contributed by atoms with Crippen molar-refractivity contribution in [2.24, 2.45) is 5.92 Å². The van der Waals surface area contributed by atoms with Gasteiger partial charge in [0, 0.05) is 12.6 Å². The zero-order chi connectivity index (χ0) is 11.8. The molecule has 1 saturated carbocycles. The molecule has 1 aliphatic rings. The van der Waals surface area contributed by atoms with Crippen LogP contribution >= 0.6 is 0 Å². The van der Waals surface area contributed by atoms with Gasteiger partial charge in [0.15, 0.2) is 0 Å². The monoisotopic (exact) mass is 226 g/mol. The lowest BCUT2D eigenvalue weighted by atomic mass is 10.1. The zero-order valence-electron chi connectivity index (χ0n) is 11.5. The molecule has 1 aliphatic carbocycles. The lowest BCUT2D eigenvalue weighted by Gasteiger charge is -2.25. The van der Waals surface area contributed by atoms with Gasteiger partial charge in [-0.3, -0.25) is 0 Å². The van der Waals surface area contributed by atoms with Crippen LogP contribution in [0.2, 0.25) is 0 Å². The number of nitrogens with one attached hydrogen (secondary N) is 1. The van der Waals surface area contributed by atoms with Crippen molar-refractivity contribution < 1.29 is 0 Å². The second kappa shape index (κ2) is 8.08. The summed E-state index contributed by atoms with van der Waals surface area (Å²) in [4.78, 5) is 2.52. The molecule has 0 bridgehead atoms. The SMILES string of the molecule is CCCCCN(C)CC(NCCC)C1CC1. The van der Waals surface area contributed by atoms with E-state index in [2.05, 4.69) is 31.1 Å². The van der Waals surface area contributed by atoms with Gasteiger partial charge in [-0.25, -0.2) is 0 Å². The Balaban J connectivity index is 2.14. The van der Waals surface area contributed by atoms with Gasteiger partial charge in [0.05, 0.1) is 0 Å². The van der Waals surface area contributed by atoms with Gasteiger partial charge in [-0.05, 0) is 51.7 Å². The summed E-state index contributed by atoms with van der Waals surface area (Å²) < 4.78 is 0. The van der Waals surface area contributed by atoms with Crippen molar-refractivity contribution in [3.05, 3.63) is 0 Å². The zero-order valence-corrected chi connectivity index (χ0v) is 11.5. The van der Waals surface area contributed by atoms with Crippen molar-refractivity contribution >= 4 is 0 Å². The fourth-order valence-corrected chi connectivity index (χ4v) is 2.27. The highest BCUT2D eigenvalue weighted by Crippen LogP contribution is 2.32. The first-order valence-corrected chi connectivity index (χ1v) is 7.19. The molecule has 1 atom stereocenters. The van der Waals surface area contributed by atoms with Gasteiger partial charge < -0.3 is 10.2 Å². The van der Waals surface area contributed by atoms with E-state index in [4.69, 9.17) is 0 Å². The molecule has 2 heteroatoms. The summed E-state index contributed by atoms with van der Waals surface area (Å²) in [6.45, 7) is 8.22. The van der Waals surface area contributed by atoms with Gasteiger partial charge in [-0.2, -0.15) is 0 Å². The summed E-state index contributed by atoms with van der Waals surface area (Å²) in [5.41, 5.74) is 0. The van der Waals surface area contributed by atoms with E-state index in [1.165, 1.54) is 58.2 Å². The Morgan fingerprint density at radius 2 is 1.94 bits per heavy atom. The molecule has 0 aromatic heterocycles. The van der Waals surface area contributed by atoms with Crippen LogP contribution in [0.4, 0.5) is 0 Å². The smallest absolute Gasteiger partial charge is 0.0223 e. The average Bonchev–Trinajstić information content (AvgIpc) is 3.08. The third kappa shape index (κ3) is 5.86. The van der Waals surface area contributed by atoms with Crippen LogP contribution in [0, 0.1) is 5.92 Å². The van der Waals surface area contributed by atoms with Crippen LogP contribution in [0.15, 0.2) is 0 Å². The van der Waals surface area contributed by atoms with Crippen molar-refractivity contribution in [2.45, 2.75) is 58.4 Å². The van der Waals surface area contributed by atoms with Gasteiger partial charge in [-0.15, -0.1) is 0 Å². The summed E-state index contributed by atoms with van der Waals surface area (Å²) in [5.74, 6) is 0.972. The van der Waals surface area contributed by atoms with Crippen molar-refractivity contribution in [1.82, 2.24) is 10.2 Å². The molecule has 0 spiro atoms. The van der Waals surface area contributed by atoms with Crippen molar-refractivity contribution in [2.75, 3.05) is 26.7 Å². The first-order chi connectivity index (χ1) is 7.77. The Hall–Kier alpha value is -0.0800. The van der Waals surface area contributed by atoms with E-state index in [9.17, 15) is 0 Å². The van der Waals surface area contributed by atoms with Crippen LogP contribution in [0.1, 0.15) is 52.4 Å². The molecule has 1 fully saturated rings. The topological polar surface area (TPSA) is 15.3 Å². The first-order valence-electron chi connectivity index (χ1n) is 7.19. The van der Waals surface area contributed by atoms with E-state index in [1.54, 1.807) is 0 Å². The van der Waals surface area contributed by atoms with Crippen LogP contribution in [-0.4, -0.2) is 37.6 Å². The molecule has 96 valence electrons. The van der Waals surface area contributed by atoms with Gasteiger partial charge in [0.1, 0.15) is 0 Å². The van der Waals surface area contributed by atoms with Gasteiger partial charge in [0.25, 0.3) is 0 Å². The quantitative estimate of drug-likeness (QED) is 0.576. The summed E-state index contributed by atoms with van der Waals surface area (Å²) in [6.07, 6.45) is 8.21. The number of hydrogen-bond donors (Lipinski definition) is 1. The Labute approximate surface area is 102 Å². The molecule has 1 unspecified atom stereocenters. The molecule has 0 aromatic rings. The maximum atomic E-state index is 3.71. The van der Waals surface area contributed by atoms with Crippen LogP contribution in [0.3, 0.4) is 0 Å². The van der Waals surface area contributed by atoms with E-state index in [-0.39, 0.29) is 0 Å². The maximum absolute atomic E-state index is 3.71. The van der Waals surface area contributed by atoms with E-state index in [0.717, 1.165) is 12.0 Å². The minimum atomic E-state index is 0.756. The van der Waals surface area contributed by atoms with Crippen molar-refractivity contribution in [3.8, 4) is 0 Å². The van der Waals surface area contributed by atoms with Gasteiger partial charge in [0.2, 0.25) is 0 Å². The standard InChI is InChI=1S/C14H30N2/c1-4-6-7-11-16(3)12-14(13-8-9-13)15-10-5-2/h13-15H,4-12H2,1-3H3. The lowest BCUT2D eigenvalue weighted by molar-refractivity contribution is 0.269. The largest absolute Gasteiger partial charge is 0.312 e. The summed E-state index contributed by atoms with van der Waals surface area (Å²) in [5, 5.41) is 3.71. The Kier molecular flexibility index (Phi) is 7.06. The summed E-state index contributed by atoms with van der Waals surface area (Å²) in [6, 6.07) is 0.756. The molecule has 2 nitrogen and oxygen atoms in total. The molecular weight excluding hydrogens is 196 g/mol. The molecule has 1 rings (SSSR count). The third-order valence-corrected chi connectivity index (χ3v) is 3.50. The van der Waals surface area contributed by atoms with E-state index in [1.807, 2.05) is 0 Å². The molecule has 0 amide bonds. The van der Waals surface area contributed by atoms with Gasteiger partial charge >= 0.3 is 0 Å². The van der Waals surface area contributed by atoms with E-state index < -0.39 is 0 Å². The fourth-order valence-electron chi connectivity index (χ4n) is 2.27. The van der Waals surface area contributed by atoms with Crippen molar-refractivity contribution in [1.29, 1.82) is 0 Å². The Morgan fingerprint density at radius 3 is 2.50 bits per heavy atom. The first kappa shape index (κ1) is 14.0. The number of nitrogens with zero attached hydrogens (tertiary/aromatic N) is 1. The lowest BCUT2D eigenvalue weighted by Crippen LogP contribution is -2.41. The molecular formula is C14H30N2. The van der Waals surface area contributed by atoms with E-state index in [0.29, 0.717) is 0 Å². The number of unbranched alkanes of at least 4 members (excludes halogenated alkanes) is 2. The molecule has 0 radical (unpaired) electrons. The predicted octanol–water partition coefficient (Wildman–Crippen LogP) is 2.89. The van der Waals surface area contributed by atoms with Crippen molar-refractivity contribution in [3.63, 3.8) is 0 Å². The normalized spacial score (nSPS) is 18.0.